The standard InChI is InChI=1S/C21H19N5O3S.C21H19N5OS.C5H4BrN3O2/c1-13(2)30(27,28)17-11-7-6-10-15(17)16-12-23-19(22)18(24-16)21-26-25-20(29-21)14-8-4-3-5-9-14;1-13(2)28-17-11-7-6-10-15(17)16-12-23-19(22)18(24-16)21-26-25-20(27-21)14-8-4-3-5-9-14;6-2-1-8-4(7)3(9-2)5(10)11/h3-13H,1-2H3,(H2,22,23);3-13H,1-2H3,(H2,22,23);1H,(H2,7,8)(H,10,11). The quantitative estimate of drug-likeness (QED) is 0.0877. The lowest BCUT2D eigenvalue weighted by molar-refractivity contribution is 0.0691. The number of halogens is 1. The van der Waals surface area contributed by atoms with Crippen molar-refractivity contribution in [2.24, 2.45) is 0 Å². The Balaban J connectivity index is 0.000000168. The predicted octanol–water partition coefficient (Wildman–Crippen LogP) is 9.09. The van der Waals surface area contributed by atoms with Crippen molar-refractivity contribution in [3.8, 4) is 68.6 Å². The van der Waals surface area contributed by atoms with E-state index in [0.29, 0.717) is 44.3 Å². The molecule has 0 saturated carbocycles. The summed E-state index contributed by atoms with van der Waals surface area (Å²) < 4.78 is 37.5. The number of anilines is 3. The zero-order chi connectivity index (χ0) is 49.2. The summed E-state index contributed by atoms with van der Waals surface area (Å²) in [5, 5.41) is 24.7. The molecular formula is C47H42BrN13O6S2. The molecular weight excluding hydrogens is 987 g/mol. The molecule has 0 spiro atoms. The first-order valence-corrected chi connectivity index (χ1v) is 24.0. The summed E-state index contributed by atoms with van der Waals surface area (Å²) in [6, 6.07) is 33.6. The monoisotopic (exact) mass is 1030 g/mol. The van der Waals surface area contributed by atoms with Crippen molar-refractivity contribution < 1.29 is 27.2 Å². The number of thioether (sulfide) groups is 1. The largest absolute Gasteiger partial charge is 0.476 e. The van der Waals surface area contributed by atoms with Crippen LogP contribution in [0.1, 0.15) is 38.2 Å². The molecule has 9 rings (SSSR count). The average molecular weight is 1030 g/mol. The number of nitrogens with two attached hydrogens (primary N) is 3. The number of hydrogen-bond acceptors (Lipinski definition) is 19. The minimum absolute atomic E-state index is 0.0827. The van der Waals surface area contributed by atoms with Gasteiger partial charge in [0, 0.05) is 32.4 Å². The number of carbonyl (C=O) groups is 1. The molecule has 0 atom stereocenters. The third kappa shape index (κ3) is 11.8. The maximum Gasteiger partial charge on any atom is 0.358 e. The van der Waals surface area contributed by atoms with Crippen molar-refractivity contribution in [3.05, 3.63) is 138 Å². The van der Waals surface area contributed by atoms with Crippen LogP contribution in [0.3, 0.4) is 0 Å². The van der Waals surface area contributed by atoms with E-state index in [2.05, 4.69) is 81.2 Å². The van der Waals surface area contributed by atoms with Gasteiger partial charge in [0.1, 0.15) is 4.60 Å². The molecule has 0 aliphatic rings. The first-order chi connectivity index (χ1) is 33.1. The number of sulfone groups is 1. The SMILES string of the molecule is CC(C)S(=O)(=O)c1ccccc1-c1cnc(N)c(-c2nnc(-c3ccccc3)o2)n1.CC(C)Sc1ccccc1-c1cnc(N)c(-c2nnc(-c3ccccc3)o2)n1.Nc1ncc(Br)nc1C(=O)O. The second-order valence-corrected chi connectivity index (χ2v) is 19.9. The Labute approximate surface area is 408 Å². The summed E-state index contributed by atoms with van der Waals surface area (Å²) in [6.45, 7) is 7.58. The number of nitrogen functional groups attached to an aromatic ring is 3. The van der Waals surface area contributed by atoms with Gasteiger partial charge in [-0.15, -0.1) is 32.2 Å². The van der Waals surface area contributed by atoms with Gasteiger partial charge in [0.15, 0.2) is 44.4 Å². The summed E-state index contributed by atoms with van der Waals surface area (Å²) >= 11 is 4.75. The number of aromatic carboxylic acids is 1. The molecule has 0 radical (unpaired) electrons. The predicted molar refractivity (Wildman–Crippen MR) is 266 cm³/mol. The number of nitrogens with zero attached hydrogens (tertiary/aromatic N) is 10. The van der Waals surface area contributed by atoms with Crippen molar-refractivity contribution >= 4 is 61.0 Å². The van der Waals surface area contributed by atoms with E-state index in [1.807, 2.05) is 78.9 Å². The van der Waals surface area contributed by atoms with Crippen molar-refractivity contribution in [3.63, 3.8) is 0 Å². The summed E-state index contributed by atoms with van der Waals surface area (Å²) in [5.41, 5.74) is 21.7. The van der Waals surface area contributed by atoms with Crippen LogP contribution in [0.15, 0.2) is 151 Å². The van der Waals surface area contributed by atoms with E-state index in [-0.39, 0.29) is 45.5 Å². The van der Waals surface area contributed by atoms with Gasteiger partial charge in [-0.3, -0.25) is 0 Å². The molecule has 0 amide bonds. The van der Waals surface area contributed by atoms with Crippen molar-refractivity contribution in [1.29, 1.82) is 0 Å². The van der Waals surface area contributed by atoms with Crippen molar-refractivity contribution in [1.82, 2.24) is 50.3 Å². The highest BCUT2D eigenvalue weighted by Crippen LogP contribution is 2.35. The molecule has 5 aromatic heterocycles. The minimum atomic E-state index is -3.53. The Morgan fingerprint density at radius 1 is 0.594 bits per heavy atom. The zero-order valence-electron chi connectivity index (χ0n) is 37.2. The molecule has 0 aliphatic heterocycles. The fraction of sp³-hybridized carbons (Fsp3) is 0.128. The maximum atomic E-state index is 12.8. The molecule has 0 fully saturated rings. The Morgan fingerprint density at radius 3 is 1.54 bits per heavy atom. The van der Waals surface area contributed by atoms with E-state index in [9.17, 15) is 13.2 Å². The summed E-state index contributed by atoms with van der Waals surface area (Å²) in [6.07, 6.45) is 4.44. The molecule has 9 aromatic rings. The molecule has 0 unspecified atom stereocenters. The topological polar surface area (TPSA) is 305 Å². The lowest BCUT2D eigenvalue weighted by atomic mass is 10.1. The highest BCUT2D eigenvalue weighted by atomic mass is 79.9. The van der Waals surface area contributed by atoms with Crippen LogP contribution in [-0.4, -0.2) is 80.3 Å². The number of aromatic nitrogens is 10. The molecule has 19 nitrogen and oxygen atoms in total. The molecule has 350 valence electrons. The van der Waals surface area contributed by atoms with Gasteiger partial charge in [-0.2, -0.15) is 0 Å². The van der Waals surface area contributed by atoms with Crippen LogP contribution >= 0.6 is 27.7 Å². The van der Waals surface area contributed by atoms with Gasteiger partial charge in [0.2, 0.25) is 11.8 Å². The molecule has 22 heteroatoms. The third-order valence-corrected chi connectivity index (χ3v) is 13.2. The van der Waals surface area contributed by atoms with Crippen LogP contribution in [0.4, 0.5) is 17.5 Å². The Morgan fingerprint density at radius 2 is 1.04 bits per heavy atom. The lowest BCUT2D eigenvalue weighted by Crippen LogP contribution is -2.15. The fourth-order valence-corrected chi connectivity index (χ4v) is 8.65. The molecule has 0 aliphatic carbocycles. The van der Waals surface area contributed by atoms with E-state index in [0.717, 1.165) is 21.6 Å². The molecule has 5 heterocycles. The second kappa shape index (κ2) is 21.8. The van der Waals surface area contributed by atoms with Crippen LogP contribution in [0.2, 0.25) is 0 Å². The van der Waals surface area contributed by atoms with Crippen LogP contribution < -0.4 is 17.2 Å². The summed E-state index contributed by atoms with van der Waals surface area (Å²) in [7, 11) is -3.53. The first kappa shape index (κ1) is 49.0. The average Bonchev–Trinajstić information content (AvgIpc) is 4.05. The highest BCUT2D eigenvalue weighted by molar-refractivity contribution is 9.10. The van der Waals surface area contributed by atoms with E-state index >= 15 is 0 Å². The van der Waals surface area contributed by atoms with Crippen LogP contribution in [0, 0.1) is 0 Å². The minimum Gasteiger partial charge on any atom is -0.476 e. The number of carboxylic acids is 1. The number of hydrogen-bond donors (Lipinski definition) is 4. The molecule has 4 aromatic carbocycles. The Kier molecular flexibility index (Phi) is 15.5. The van der Waals surface area contributed by atoms with E-state index in [4.69, 9.17) is 36.1 Å². The maximum absolute atomic E-state index is 12.8. The number of rotatable bonds is 11. The Hall–Kier alpha value is -7.95. The van der Waals surface area contributed by atoms with Crippen molar-refractivity contribution in [2.75, 3.05) is 17.2 Å². The lowest BCUT2D eigenvalue weighted by Gasteiger charge is -2.13. The van der Waals surface area contributed by atoms with Gasteiger partial charge >= 0.3 is 5.97 Å². The second-order valence-electron chi connectivity index (χ2n) is 15.0. The van der Waals surface area contributed by atoms with Gasteiger partial charge < -0.3 is 31.1 Å². The van der Waals surface area contributed by atoms with Gasteiger partial charge in [-0.25, -0.2) is 43.1 Å². The van der Waals surface area contributed by atoms with Gasteiger partial charge in [0.05, 0.1) is 40.1 Å². The highest BCUT2D eigenvalue weighted by Gasteiger charge is 2.25. The van der Waals surface area contributed by atoms with E-state index < -0.39 is 21.1 Å². The summed E-state index contributed by atoms with van der Waals surface area (Å²) in [5.74, 6) is 0.173. The smallest absolute Gasteiger partial charge is 0.358 e. The van der Waals surface area contributed by atoms with E-state index in [1.54, 1.807) is 56.1 Å². The van der Waals surface area contributed by atoms with Gasteiger partial charge in [-0.05, 0) is 66.2 Å². The van der Waals surface area contributed by atoms with Crippen LogP contribution in [0.5, 0.6) is 0 Å². The molecule has 0 bridgehead atoms. The molecule has 69 heavy (non-hydrogen) atoms. The summed E-state index contributed by atoms with van der Waals surface area (Å²) in [4.78, 5) is 36.6. The van der Waals surface area contributed by atoms with Crippen LogP contribution in [-0.2, 0) is 9.84 Å². The van der Waals surface area contributed by atoms with Gasteiger partial charge in [-0.1, -0.05) is 86.6 Å². The van der Waals surface area contributed by atoms with Crippen LogP contribution in [0.25, 0.3) is 68.6 Å². The van der Waals surface area contributed by atoms with Crippen molar-refractivity contribution in [2.45, 2.75) is 48.0 Å². The Bertz CT molecular complexity index is 3340. The van der Waals surface area contributed by atoms with E-state index in [1.165, 1.54) is 12.4 Å². The molecule has 7 N–H and O–H groups in total. The molecule has 0 saturated heterocycles. The zero-order valence-corrected chi connectivity index (χ0v) is 40.4. The third-order valence-electron chi connectivity index (χ3n) is 9.49. The number of carboxylic acid groups (broad SMARTS) is 1. The first-order valence-electron chi connectivity index (χ1n) is 20.7. The van der Waals surface area contributed by atoms with Gasteiger partial charge in [0.25, 0.3) is 11.8 Å². The number of benzene rings is 4. The fourth-order valence-electron chi connectivity index (χ4n) is 6.15. The normalized spacial score (nSPS) is 11.1.